The lowest BCUT2D eigenvalue weighted by Gasteiger charge is -2.07. The Labute approximate surface area is 110 Å². The minimum atomic E-state index is -0.280. The first kappa shape index (κ1) is 12.6. The highest BCUT2D eigenvalue weighted by atomic mass is 35.5. The van der Waals surface area contributed by atoms with Crippen LogP contribution in [-0.4, -0.2) is 16.9 Å². The molecule has 0 bridgehead atoms. The van der Waals surface area contributed by atoms with Gasteiger partial charge >= 0.3 is 0 Å². The van der Waals surface area contributed by atoms with Crippen molar-refractivity contribution in [2.24, 2.45) is 0 Å². The molecule has 2 aromatic rings. The first-order valence-electron chi connectivity index (χ1n) is 5.47. The monoisotopic (exact) mass is 264 g/mol. The Hall–Kier alpha value is -1.81. The van der Waals surface area contributed by atoms with Crippen LogP contribution in [0.2, 0.25) is 5.02 Å². The molecule has 1 aromatic heterocycles. The number of aryl methyl sites for hydroxylation is 1. The summed E-state index contributed by atoms with van der Waals surface area (Å²) in [6.07, 6.45) is 0. The molecule has 0 amide bonds. The molecule has 1 heterocycles. The number of benzene rings is 1. The Morgan fingerprint density at radius 2 is 2.00 bits per heavy atom. The Balaban J connectivity index is 2.31. The molecule has 0 aliphatic carbocycles. The van der Waals surface area contributed by atoms with Crippen LogP contribution in [0.4, 0.5) is 0 Å². The third-order valence-corrected chi connectivity index (χ3v) is 2.81. The molecule has 0 unspecified atom stereocenters. The zero-order valence-corrected chi connectivity index (χ0v) is 10.9. The van der Waals surface area contributed by atoms with Crippen LogP contribution < -0.4 is 10.3 Å². The van der Waals surface area contributed by atoms with E-state index in [2.05, 4.69) is 5.10 Å². The summed E-state index contributed by atoms with van der Waals surface area (Å²) < 4.78 is 6.44. The van der Waals surface area contributed by atoms with Gasteiger partial charge in [0.25, 0.3) is 5.56 Å². The first-order valence-corrected chi connectivity index (χ1v) is 5.85. The van der Waals surface area contributed by atoms with Crippen LogP contribution in [0.15, 0.2) is 35.1 Å². The van der Waals surface area contributed by atoms with Gasteiger partial charge in [-0.1, -0.05) is 23.7 Å². The molecule has 0 aliphatic rings. The van der Waals surface area contributed by atoms with Crippen LogP contribution in [0, 0.1) is 6.92 Å². The Morgan fingerprint density at radius 3 is 2.61 bits per heavy atom. The number of methoxy groups -OCH3 is 1. The standard InChI is InChI=1S/C13H13ClN2O2/c1-9-7-12(14)13(17)16(15-9)8-10-3-5-11(18-2)6-4-10/h3-7H,8H2,1-2H3. The van der Waals surface area contributed by atoms with Gasteiger partial charge in [0, 0.05) is 0 Å². The lowest BCUT2D eigenvalue weighted by molar-refractivity contribution is 0.414. The van der Waals surface area contributed by atoms with E-state index < -0.39 is 0 Å². The maximum atomic E-state index is 11.8. The molecule has 4 nitrogen and oxygen atoms in total. The van der Waals surface area contributed by atoms with Crippen LogP contribution in [0.3, 0.4) is 0 Å². The molecule has 0 fully saturated rings. The van der Waals surface area contributed by atoms with E-state index in [1.165, 1.54) is 4.68 Å². The van der Waals surface area contributed by atoms with Crippen molar-refractivity contribution in [1.29, 1.82) is 0 Å². The van der Waals surface area contributed by atoms with Crippen LogP contribution >= 0.6 is 11.6 Å². The summed E-state index contributed by atoms with van der Waals surface area (Å²) in [6.45, 7) is 2.19. The Morgan fingerprint density at radius 1 is 1.33 bits per heavy atom. The minimum absolute atomic E-state index is 0.191. The van der Waals surface area contributed by atoms with Crippen molar-refractivity contribution in [2.75, 3.05) is 7.11 Å². The average molecular weight is 265 g/mol. The fourth-order valence-corrected chi connectivity index (χ4v) is 1.90. The molecule has 1 aromatic carbocycles. The molecule has 94 valence electrons. The van der Waals surface area contributed by atoms with Crippen LogP contribution in [0.1, 0.15) is 11.3 Å². The SMILES string of the molecule is COc1ccc(Cn2nc(C)cc(Cl)c2=O)cc1. The lowest BCUT2D eigenvalue weighted by atomic mass is 10.2. The molecule has 0 atom stereocenters. The van der Waals surface area contributed by atoms with Crippen molar-refractivity contribution < 1.29 is 4.74 Å². The molecule has 0 N–H and O–H groups in total. The highest BCUT2D eigenvalue weighted by Crippen LogP contribution is 2.12. The van der Waals surface area contributed by atoms with Crippen molar-refractivity contribution in [2.45, 2.75) is 13.5 Å². The molecule has 0 saturated carbocycles. The molecule has 5 heteroatoms. The van der Waals surface area contributed by atoms with Gasteiger partial charge in [0.2, 0.25) is 0 Å². The van der Waals surface area contributed by atoms with Crippen molar-refractivity contribution >= 4 is 11.6 Å². The van der Waals surface area contributed by atoms with Gasteiger partial charge in [-0.3, -0.25) is 4.79 Å². The number of halogens is 1. The van der Waals surface area contributed by atoms with E-state index in [1.807, 2.05) is 24.3 Å². The molecule has 0 spiro atoms. The molecular formula is C13H13ClN2O2. The van der Waals surface area contributed by atoms with E-state index in [9.17, 15) is 4.79 Å². The van der Waals surface area contributed by atoms with Crippen LogP contribution in [0.5, 0.6) is 5.75 Å². The quantitative estimate of drug-likeness (QED) is 0.854. The number of aromatic nitrogens is 2. The zero-order chi connectivity index (χ0) is 13.1. The van der Waals surface area contributed by atoms with Crippen molar-refractivity contribution in [1.82, 2.24) is 9.78 Å². The van der Waals surface area contributed by atoms with Gasteiger partial charge in [-0.15, -0.1) is 0 Å². The highest BCUT2D eigenvalue weighted by Gasteiger charge is 2.05. The summed E-state index contributed by atoms with van der Waals surface area (Å²) in [5.74, 6) is 0.779. The number of nitrogens with zero attached hydrogens (tertiary/aromatic N) is 2. The zero-order valence-electron chi connectivity index (χ0n) is 10.2. The van der Waals surface area contributed by atoms with E-state index >= 15 is 0 Å². The Bertz CT molecular complexity index is 605. The van der Waals surface area contributed by atoms with E-state index in [4.69, 9.17) is 16.3 Å². The van der Waals surface area contributed by atoms with Gasteiger partial charge < -0.3 is 4.74 Å². The second-order valence-electron chi connectivity index (χ2n) is 3.94. The summed E-state index contributed by atoms with van der Waals surface area (Å²) in [5.41, 5.74) is 1.40. The van der Waals surface area contributed by atoms with Gasteiger partial charge in [-0.25, -0.2) is 4.68 Å². The second kappa shape index (κ2) is 5.23. The van der Waals surface area contributed by atoms with Crippen LogP contribution in [-0.2, 0) is 6.54 Å². The summed E-state index contributed by atoms with van der Waals surface area (Å²) in [7, 11) is 1.61. The molecule has 0 saturated heterocycles. The summed E-state index contributed by atoms with van der Waals surface area (Å²) in [4.78, 5) is 11.8. The van der Waals surface area contributed by atoms with E-state index in [0.717, 1.165) is 11.3 Å². The van der Waals surface area contributed by atoms with Crippen LogP contribution in [0.25, 0.3) is 0 Å². The normalized spacial score (nSPS) is 10.4. The Kier molecular flexibility index (Phi) is 3.67. The largest absolute Gasteiger partial charge is 0.497 e. The molecule has 18 heavy (non-hydrogen) atoms. The predicted octanol–water partition coefficient (Wildman–Crippen LogP) is 2.26. The first-order chi connectivity index (χ1) is 8.60. The summed E-state index contributed by atoms with van der Waals surface area (Å²) >= 11 is 5.84. The minimum Gasteiger partial charge on any atom is -0.497 e. The molecule has 0 aliphatic heterocycles. The van der Waals surface area contributed by atoms with Gasteiger partial charge in [-0.2, -0.15) is 5.10 Å². The maximum absolute atomic E-state index is 11.8. The number of ether oxygens (including phenoxy) is 1. The molecule has 2 rings (SSSR count). The van der Waals surface area contributed by atoms with Gasteiger partial charge in [0.15, 0.2) is 0 Å². The number of hydrogen-bond donors (Lipinski definition) is 0. The smallest absolute Gasteiger partial charge is 0.285 e. The van der Waals surface area contributed by atoms with E-state index in [1.54, 1.807) is 20.1 Å². The summed E-state index contributed by atoms with van der Waals surface area (Å²) in [5, 5.41) is 4.35. The fourth-order valence-electron chi connectivity index (χ4n) is 1.64. The lowest BCUT2D eigenvalue weighted by Crippen LogP contribution is -2.24. The van der Waals surface area contributed by atoms with Gasteiger partial charge in [0.05, 0.1) is 19.3 Å². The van der Waals surface area contributed by atoms with Gasteiger partial charge in [0.1, 0.15) is 10.8 Å². The molecular weight excluding hydrogens is 252 g/mol. The van der Waals surface area contributed by atoms with Crippen molar-refractivity contribution in [3.63, 3.8) is 0 Å². The third kappa shape index (κ3) is 2.71. The van der Waals surface area contributed by atoms with Gasteiger partial charge in [-0.05, 0) is 30.7 Å². The second-order valence-corrected chi connectivity index (χ2v) is 4.35. The molecule has 0 radical (unpaired) electrons. The predicted molar refractivity (Wildman–Crippen MR) is 70.3 cm³/mol. The fraction of sp³-hybridized carbons (Fsp3) is 0.231. The maximum Gasteiger partial charge on any atom is 0.285 e. The van der Waals surface area contributed by atoms with E-state index in [0.29, 0.717) is 12.2 Å². The number of rotatable bonds is 3. The topological polar surface area (TPSA) is 44.1 Å². The average Bonchev–Trinajstić information content (AvgIpc) is 2.36. The van der Waals surface area contributed by atoms with E-state index in [-0.39, 0.29) is 10.6 Å². The van der Waals surface area contributed by atoms with Crippen molar-refractivity contribution in [3.05, 3.63) is 57.0 Å². The third-order valence-electron chi connectivity index (χ3n) is 2.54. The summed E-state index contributed by atoms with van der Waals surface area (Å²) in [6, 6.07) is 9.04. The van der Waals surface area contributed by atoms with Crippen molar-refractivity contribution in [3.8, 4) is 5.75 Å². The number of hydrogen-bond acceptors (Lipinski definition) is 3. The highest BCUT2D eigenvalue weighted by molar-refractivity contribution is 6.30.